The first-order chi connectivity index (χ1) is 8.74. The summed E-state index contributed by atoms with van der Waals surface area (Å²) in [7, 11) is 3.01. The summed E-state index contributed by atoms with van der Waals surface area (Å²) in [6.45, 7) is 5.81. The van der Waals surface area contributed by atoms with Gasteiger partial charge in [-0.15, -0.1) is 0 Å². The summed E-state index contributed by atoms with van der Waals surface area (Å²) in [6, 6.07) is 7.62. The van der Waals surface area contributed by atoms with Gasteiger partial charge in [0, 0.05) is 11.0 Å². The van der Waals surface area contributed by atoms with Crippen molar-refractivity contribution in [3.63, 3.8) is 0 Å². The Kier molecular flexibility index (Phi) is 4.58. The molecule has 0 amide bonds. The summed E-state index contributed by atoms with van der Waals surface area (Å²) in [5.41, 5.74) is 6.21. The molecule has 2 N–H and O–H groups in total. The lowest BCUT2D eigenvalue weighted by Gasteiger charge is -2.41. The number of hydrogen-bond acceptors (Lipinski definition) is 4. The van der Waals surface area contributed by atoms with Crippen LogP contribution in [0.4, 0.5) is 0 Å². The molecule has 0 heterocycles. The van der Waals surface area contributed by atoms with Crippen LogP contribution in [0.25, 0.3) is 0 Å². The van der Waals surface area contributed by atoms with Crippen molar-refractivity contribution in [1.82, 2.24) is 0 Å². The maximum atomic E-state index is 11.7. The molecule has 1 atom stereocenters. The van der Waals surface area contributed by atoms with Crippen LogP contribution in [-0.4, -0.2) is 25.7 Å². The maximum Gasteiger partial charge on any atom is 0.306 e. The third kappa shape index (κ3) is 3.26. The highest BCUT2D eigenvalue weighted by molar-refractivity contribution is 5.71. The lowest BCUT2D eigenvalue weighted by molar-refractivity contribution is -0.142. The fraction of sp³-hybridized carbons (Fsp3) is 0.533. The third-order valence-electron chi connectivity index (χ3n) is 3.87. The van der Waals surface area contributed by atoms with Gasteiger partial charge in [-0.1, -0.05) is 19.1 Å². The zero-order valence-electron chi connectivity index (χ0n) is 12.3. The van der Waals surface area contributed by atoms with Crippen LogP contribution >= 0.6 is 0 Å². The molecule has 19 heavy (non-hydrogen) atoms. The third-order valence-corrected chi connectivity index (χ3v) is 3.87. The maximum absolute atomic E-state index is 11.7. The lowest BCUT2D eigenvalue weighted by Crippen LogP contribution is -2.53. The normalized spacial score (nSPS) is 14.6. The minimum absolute atomic E-state index is 0.235. The molecule has 1 rings (SSSR count). The van der Waals surface area contributed by atoms with Crippen LogP contribution in [0.1, 0.15) is 32.8 Å². The molecule has 0 spiro atoms. The van der Waals surface area contributed by atoms with E-state index in [-0.39, 0.29) is 12.4 Å². The average molecular weight is 265 g/mol. The van der Waals surface area contributed by atoms with Gasteiger partial charge in [0.25, 0.3) is 0 Å². The smallest absolute Gasteiger partial charge is 0.306 e. The molecule has 0 aliphatic heterocycles. The summed E-state index contributed by atoms with van der Waals surface area (Å²) in [5, 5.41) is 0. The van der Waals surface area contributed by atoms with Crippen molar-refractivity contribution in [2.45, 2.75) is 38.1 Å². The van der Waals surface area contributed by atoms with Crippen molar-refractivity contribution in [2.75, 3.05) is 14.2 Å². The predicted octanol–water partition coefficient (Wildman–Crippen LogP) is 2.25. The zero-order valence-corrected chi connectivity index (χ0v) is 12.3. The van der Waals surface area contributed by atoms with Crippen molar-refractivity contribution < 1.29 is 14.3 Å². The number of ether oxygens (including phenoxy) is 2. The summed E-state index contributed by atoms with van der Waals surface area (Å²) in [5.74, 6) is 0.510. The molecule has 0 aliphatic carbocycles. The zero-order chi connectivity index (χ0) is 14.7. The monoisotopic (exact) mass is 265 g/mol. The highest BCUT2D eigenvalue weighted by Crippen LogP contribution is 2.37. The topological polar surface area (TPSA) is 61.5 Å². The van der Waals surface area contributed by atoms with Gasteiger partial charge in [-0.2, -0.15) is 0 Å². The van der Waals surface area contributed by atoms with E-state index in [9.17, 15) is 4.79 Å². The Hall–Kier alpha value is -1.55. The number of carbonyl (C=O) groups is 1. The molecular weight excluding hydrogens is 242 g/mol. The van der Waals surface area contributed by atoms with Gasteiger partial charge in [0.1, 0.15) is 5.75 Å². The van der Waals surface area contributed by atoms with Crippen LogP contribution in [0.5, 0.6) is 5.75 Å². The Labute approximate surface area is 114 Å². The van der Waals surface area contributed by atoms with E-state index in [0.717, 1.165) is 11.3 Å². The fourth-order valence-corrected chi connectivity index (χ4v) is 2.02. The standard InChI is InChI=1S/C15H23NO3/c1-14(2,16)15(3,10-13(17)19-5)11-6-8-12(18-4)9-7-11/h6-9H,10,16H2,1-5H3. The van der Waals surface area contributed by atoms with Crippen LogP contribution in [-0.2, 0) is 14.9 Å². The van der Waals surface area contributed by atoms with E-state index in [2.05, 4.69) is 0 Å². The van der Waals surface area contributed by atoms with Crippen LogP contribution in [0, 0.1) is 0 Å². The summed E-state index contributed by atoms with van der Waals surface area (Å²) < 4.78 is 9.94. The van der Waals surface area contributed by atoms with Crippen molar-refractivity contribution >= 4 is 5.97 Å². The van der Waals surface area contributed by atoms with Crippen molar-refractivity contribution in [2.24, 2.45) is 5.73 Å². The van der Waals surface area contributed by atoms with Crippen LogP contribution in [0.3, 0.4) is 0 Å². The van der Waals surface area contributed by atoms with Gasteiger partial charge in [0.05, 0.1) is 20.6 Å². The molecule has 1 unspecified atom stereocenters. The number of hydrogen-bond donors (Lipinski definition) is 1. The van der Waals surface area contributed by atoms with Crippen molar-refractivity contribution in [3.8, 4) is 5.75 Å². The molecule has 0 saturated heterocycles. The Balaban J connectivity index is 3.19. The largest absolute Gasteiger partial charge is 0.497 e. The van der Waals surface area contributed by atoms with Gasteiger partial charge in [-0.3, -0.25) is 4.79 Å². The van der Waals surface area contributed by atoms with Crippen LogP contribution in [0.2, 0.25) is 0 Å². The molecule has 0 saturated carbocycles. The van der Waals surface area contributed by atoms with Gasteiger partial charge in [0.15, 0.2) is 0 Å². The molecule has 0 radical (unpaired) electrons. The second kappa shape index (κ2) is 5.61. The van der Waals surface area contributed by atoms with Crippen molar-refractivity contribution in [3.05, 3.63) is 29.8 Å². The van der Waals surface area contributed by atoms with Crippen LogP contribution < -0.4 is 10.5 Å². The van der Waals surface area contributed by atoms with E-state index in [0.29, 0.717) is 0 Å². The number of nitrogens with two attached hydrogens (primary N) is 1. The van der Waals surface area contributed by atoms with Gasteiger partial charge in [-0.25, -0.2) is 0 Å². The Morgan fingerprint density at radius 1 is 1.16 bits per heavy atom. The SMILES string of the molecule is COC(=O)CC(C)(c1ccc(OC)cc1)C(C)(C)N. The Bertz CT molecular complexity index is 434. The van der Waals surface area contributed by atoms with Gasteiger partial charge >= 0.3 is 5.97 Å². The molecule has 0 bridgehead atoms. The molecule has 0 aliphatic rings. The molecule has 1 aromatic rings. The summed E-state index contributed by atoms with van der Waals surface area (Å²) in [4.78, 5) is 11.7. The lowest BCUT2D eigenvalue weighted by atomic mass is 9.66. The van der Waals surface area contributed by atoms with Crippen molar-refractivity contribution in [1.29, 1.82) is 0 Å². The molecule has 106 valence electrons. The first-order valence-electron chi connectivity index (χ1n) is 6.25. The minimum atomic E-state index is -0.560. The van der Waals surface area contributed by atoms with E-state index in [1.807, 2.05) is 45.0 Å². The van der Waals surface area contributed by atoms with E-state index >= 15 is 0 Å². The number of esters is 1. The van der Waals surface area contributed by atoms with E-state index in [4.69, 9.17) is 15.2 Å². The molecule has 1 aromatic carbocycles. The number of carbonyl (C=O) groups excluding carboxylic acids is 1. The minimum Gasteiger partial charge on any atom is -0.497 e. The molecule has 0 aromatic heterocycles. The summed E-state index contributed by atoms with van der Waals surface area (Å²) in [6.07, 6.45) is 0.235. The van der Waals surface area contributed by atoms with Gasteiger partial charge < -0.3 is 15.2 Å². The molecule has 4 heteroatoms. The van der Waals surface area contributed by atoms with E-state index < -0.39 is 11.0 Å². The Morgan fingerprint density at radius 2 is 1.68 bits per heavy atom. The highest BCUT2D eigenvalue weighted by Gasteiger charge is 2.41. The second-order valence-electron chi connectivity index (χ2n) is 5.54. The molecule has 4 nitrogen and oxygen atoms in total. The molecule has 0 fully saturated rings. The first kappa shape index (κ1) is 15.5. The van der Waals surface area contributed by atoms with E-state index in [1.165, 1.54) is 7.11 Å². The molecular formula is C15H23NO3. The van der Waals surface area contributed by atoms with Crippen LogP contribution in [0.15, 0.2) is 24.3 Å². The number of benzene rings is 1. The highest BCUT2D eigenvalue weighted by atomic mass is 16.5. The Morgan fingerprint density at radius 3 is 2.05 bits per heavy atom. The average Bonchev–Trinajstić information content (AvgIpc) is 2.37. The predicted molar refractivity (Wildman–Crippen MR) is 75.2 cm³/mol. The van der Waals surface area contributed by atoms with Gasteiger partial charge in [-0.05, 0) is 31.5 Å². The second-order valence-corrected chi connectivity index (χ2v) is 5.54. The first-order valence-corrected chi connectivity index (χ1v) is 6.25. The van der Waals surface area contributed by atoms with E-state index in [1.54, 1.807) is 7.11 Å². The fourth-order valence-electron chi connectivity index (χ4n) is 2.02. The van der Waals surface area contributed by atoms with Gasteiger partial charge in [0.2, 0.25) is 0 Å². The summed E-state index contributed by atoms with van der Waals surface area (Å²) >= 11 is 0. The number of rotatable bonds is 5. The quantitative estimate of drug-likeness (QED) is 0.829. The number of methoxy groups -OCH3 is 2.